The highest BCUT2D eigenvalue weighted by molar-refractivity contribution is 7.92. The number of nitrogens with zero attached hydrogens (tertiary/aromatic N) is 5. The summed E-state index contributed by atoms with van der Waals surface area (Å²) in [4.78, 5) is 15.4. The van der Waals surface area contributed by atoms with Gasteiger partial charge in [0.25, 0.3) is 10.0 Å². The van der Waals surface area contributed by atoms with E-state index in [1.165, 1.54) is 12.1 Å². The zero-order valence-corrected chi connectivity index (χ0v) is 19.5. The van der Waals surface area contributed by atoms with E-state index in [0.717, 1.165) is 28.9 Å². The lowest BCUT2D eigenvalue weighted by atomic mass is 10.1. The largest absolute Gasteiger partial charge is 0.464 e. The third-order valence-corrected chi connectivity index (χ3v) is 6.61. The van der Waals surface area contributed by atoms with Crippen LogP contribution in [0, 0.1) is 0 Å². The Labute approximate surface area is 197 Å². The van der Waals surface area contributed by atoms with Crippen molar-refractivity contribution < 1.29 is 31.1 Å². The average molecular weight is 508 g/mol. The van der Waals surface area contributed by atoms with Gasteiger partial charge in [-0.05, 0) is 24.1 Å². The fourth-order valence-electron chi connectivity index (χ4n) is 3.52. The number of methoxy groups -OCH3 is 1. The molecular formula is C21H19F3N6O4S. The van der Waals surface area contributed by atoms with E-state index >= 15 is 0 Å². The predicted octanol–water partition coefficient (Wildman–Crippen LogP) is 3.32. The molecule has 10 nitrogen and oxygen atoms in total. The van der Waals surface area contributed by atoms with Gasteiger partial charge in [-0.3, -0.25) is 9.40 Å². The van der Waals surface area contributed by atoms with E-state index in [2.05, 4.69) is 24.6 Å². The Morgan fingerprint density at radius 3 is 2.51 bits per heavy atom. The van der Waals surface area contributed by atoms with E-state index in [4.69, 9.17) is 0 Å². The summed E-state index contributed by atoms with van der Waals surface area (Å²) in [7, 11) is -1.49. The normalized spacial score (nSPS) is 12.2. The molecule has 0 aliphatic carbocycles. The smallest absolute Gasteiger partial charge is 0.420 e. The zero-order chi connectivity index (χ0) is 25.5. The summed E-state index contributed by atoms with van der Waals surface area (Å²) in [5, 5.41) is 8.54. The second kappa shape index (κ2) is 8.69. The number of benzene rings is 1. The van der Waals surface area contributed by atoms with Crippen molar-refractivity contribution in [3.63, 3.8) is 0 Å². The van der Waals surface area contributed by atoms with Crippen LogP contribution in [0.3, 0.4) is 0 Å². The number of carbonyl (C=O) groups excluding carboxylic acids is 1. The van der Waals surface area contributed by atoms with Gasteiger partial charge >= 0.3 is 12.1 Å². The van der Waals surface area contributed by atoms with Crippen molar-refractivity contribution in [3.8, 4) is 5.82 Å². The zero-order valence-electron chi connectivity index (χ0n) is 18.7. The molecule has 35 heavy (non-hydrogen) atoms. The molecule has 3 aromatic heterocycles. The first kappa shape index (κ1) is 24.2. The van der Waals surface area contributed by atoms with Crippen molar-refractivity contribution in [2.75, 3.05) is 11.8 Å². The number of alkyl halides is 3. The molecule has 0 spiro atoms. The first-order chi connectivity index (χ1) is 16.5. The predicted molar refractivity (Wildman–Crippen MR) is 119 cm³/mol. The molecule has 184 valence electrons. The molecule has 0 bridgehead atoms. The number of anilines is 1. The van der Waals surface area contributed by atoms with Gasteiger partial charge in [-0.1, -0.05) is 19.1 Å². The van der Waals surface area contributed by atoms with Gasteiger partial charge in [-0.15, -0.1) is 0 Å². The van der Waals surface area contributed by atoms with E-state index in [-0.39, 0.29) is 10.7 Å². The molecule has 14 heteroatoms. The second-order valence-electron chi connectivity index (χ2n) is 7.44. The van der Waals surface area contributed by atoms with Crippen LogP contribution in [0.1, 0.15) is 28.5 Å². The van der Waals surface area contributed by atoms with Crippen LogP contribution in [-0.2, 0) is 34.4 Å². The summed E-state index contributed by atoms with van der Waals surface area (Å²) in [5.74, 6) is -1.40. The van der Waals surface area contributed by atoms with Crippen LogP contribution < -0.4 is 4.72 Å². The van der Waals surface area contributed by atoms with Gasteiger partial charge in [-0.2, -0.15) is 23.4 Å². The number of hydrogen-bond donors (Lipinski definition) is 1. The van der Waals surface area contributed by atoms with Gasteiger partial charge in [0.1, 0.15) is 10.5 Å². The summed E-state index contributed by atoms with van der Waals surface area (Å²) in [5.41, 5.74) is -0.513. The number of fused-ring (bicyclic) bond motifs is 1. The number of pyridine rings is 1. The monoisotopic (exact) mass is 508 g/mol. The molecule has 0 fully saturated rings. The van der Waals surface area contributed by atoms with Crippen molar-refractivity contribution in [2.24, 2.45) is 7.05 Å². The first-order valence-electron chi connectivity index (χ1n) is 10.1. The maximum absolute atomic E-state index is 13.3. The Balaban J connectivity index is 1.70. The number of aromatic nitrogens is 5. The van der Waals surface area contributed by atoms with E-state index < -0.39 is 33.4 Å². The first-order valence-corrected chi connectivity index (χ1v) is 11.6. The molecule has 1 aromatic carbocycles. The van der Waals surface area contributed by atoms with Crippen molar-refractivity contribution >= 4 is 32.6 Å². The fourth-order valence-corrected chi connectivity index (χ4v) is 4.58. The number of rotatable bonds is 6. The number of hydrogen-bond acceptors (Lipinski definition) is 7. The van der Waals surface area contributed by atoms with Crippen LogP contribution >= 0.6 is 0 Å². The Bertz CT molecular complexity index is 1530. The average Bonchev–Trinajstić information content (AvgIpc) is 3.43. The molecular weight excluding hydrogens is 489 g/mol. The Morgan fingerprint density at radius 1 is 1.17 bits per heavy atom. The third kappa shape index (κ3) is 4.43. The number of ether oxygens (including phenoxy) is 1. The number of carbonyl (C=O) groups is 1. The standard InChI is InChI=1S/C21H19F3N6O4S/c1-4-12-5-6-13-9-26-29(2)19(13)17(12)28-35(32,33)14-7-8-16(25-10-14)30-11-15(21(22,23)24)18(27-30)20(31)34-3/h5-11,28H,4H2,1-3H3. The van der Waals surface area contributed by atoms with Gasteiger partial charge in [0.2, 0.25) is 0 Å². The Hall–Kier alpha value is -3.94. The maximum Gasteiger partial charge on any atom is 0.420 e. The van der Waals surface area contributed by atoms with Crippen LogP contribution in [0.4, 0.5) is 18.9 Å². The van der Waals surface area contributed by atoms with Gasteiger partial charge in [0.15, 0.2) is 11.5 Å². The van der Waals surface area contributed by atoms with Crippen LogP contribution in [0.25, 0.3) is 16.7 Å². The molecule has 4 aromatic rings. The minimum Gasteiger partial charge on any atom is -0.464 e. The third-order valence-electron chi connectivity index (χ3n) is 5.27. The number of nitrogens with one attached hydrogen (secondary N) is 1. The van der Waals surface area contributed by atoms with Crippen molar-refractivity contribution in [1.82, 2.24) is 24.5 Å². The maximum atomic E-state index is 13.3. The fraction of sp³-hybridized carbons (Fsp3) is 0.238. The molecule has 0 saturated carbocycles. The van der Waals surface area contributed by atoms with Crippen LogP contribution in [-0.4, -0.2) is 46.0 Å². The molecule has 1 N–H and O–H groups in total. The molecule has 0 amide bonds. The molecule has 0 aliphatic heterocycles. The summed E-state index contributed by atoms with van der Waals surface area (Å²) in [6, 6.07) is 6.00. The van der Waals surface area contributed by atoms with Gasteiger partial charge < -0.3 is 4.74 Å². The van der Waals surface area contributed by atoms with E-state index in [9.17, 15) is 26.4 Å². The molecule has 0 atom stereocenters. The second-order valence-corrected chi connectivity index (χ2v) is 9.12. The van der Waals surface area contributed by atoms with Gasteiger partial charge in [0, 0.05) is 24.8 Å². The Morgan fingerprint density at radius 2 is 1.91 bits per heavy atom. The topological polar surface area (TPSA) is 121 Å². The molecule has 3 heterocycles. The summed E-state index contributed by atoms with van der Waals surface area (Å²) in [6.07, 6.45) is -1.12. The molecule has 0 unspecified atom stereocenters. The Kier molecular flexibility index (Phi) is 6.00. The highest BCUT2D eigenvalue weighted by atomic mass is 32.2. The lowest BCUT2D eigenvalue weighted by Gasteiger charge is -2.14. The van der Waals surface area contributed by atoms with Crippen LogP contribution in [0.15, 0.2) is 47.8 Å². The van der Waals surface area contributed by atoms with E-state index in [1.807, 2.05) is 13.0 Å². The minimum absolute atomic E-state index is 0.132. The highest BCUT2D eigenvalue weighted by Crippen LogP contribution is 2.33. The SMILES string of the molecule is CCc1ccc2cnn(C)c2c1NS(=O)(=O)c1ccc(-n2cc(C(F)(F)F)c(C(=O)OC)n2)nc1. The van der Waals surface area contributed by atoms with E-state index in [0.29, 0.717) is 23.8 Å². The van der Waals surface area contributed by atoms with Gasteiger partial charge in [0.05, 0.1) is 24.5 Å². The summed E-state index contributed by atoms with van der Waals surface area (Å²) >= 11 is 0. The number of esters is 1. The molecule has 0 saturated heterocycles. The lowest BCUT2D eigenvalue weighted by molar-refractivity contribution is -0.138. The molecule has 4 rings (SSSR count). The van der Waals surface area contributed by atoms with Crippen LogP contribution in [0.2, 0.25) is 0 Å². The van der Waals surface area contributed by atoms with Crippen molar-refractivity contribution in [1.29, 1.82) is 0 Å². The van der Waals surface area contributed by atoms with Crippen molar-refractivity contribution in [2.45, 2.75) is 24.4 Å². The summed E-state index contributed by atoms with van der Waals surface area (Å²) in [6.45, 7) is 1.88. The highest BCUT2D eigenvalue weighted by Gasteiger charge is 2.39. The minimum atomic E-state index is -4.86. The number of aryl methyl sites for hydroxylation is 2. The summed E-state index contributed by atoms with van der Waals surface area (Å²) < 4.78 is 75.3. The van der Waals surface area contributed by atoms with Crippen molar-refractivity contribution in [3.05, 3.63) is 59.7 Å². The lowest BCUT2D eigenvalue weighted by Crippen LogP contribution is -2.16. The number of halogens is 3. The molecule has 0 radical (unpaired) electrons. The van der Waals surface area contributed by atoms with Crippen LogP contribution in [0.5, 0.6) is 0 Å². The number of sulfonamides is 1. The quantitative estimate of drug-likeness (QED) is 0.397. The van der Waals surface area contributed by atoms with Gasteiger partial charge in [-0.25, -0.2) is 22.9 Å². The molecule has 0 aliphatic rings. The van der Waals surface area contributed by atoms with E-state index in [1.54, 1.807) is 24.0 Å².